The smallest absolute Gasteiger partial charge is 0.335 e. The van der Waals surface area contributed by atoms with Crippen molar-refractivity contribution in [2.45, 2.75) is 6.18 Å². The second kappa shape index (κ2) is 5.76. The van der Waals surface area contributed by atoms with Gasteiger partial charge >= 0.3 is 6.18 Å². The van der Waals surface area contributed by atoms with Crippen molar-refractivity contribution in [2.24, 2.45) is 0 Å². The number of hydrogen-bond donors (Lipinski definition) is 2. The van der Waals surface area contributed by atoms with Crippen LogP contribution in [-0.2, 0) is 4.79 Å². The van der Waals surface area contributed by atoms with Gasteiger partial charge in [-0.3, -0.25) is 15.6 Å². The molecule has 0 aromatic heterocycles. The predicted octanol–water partition coefficient (Wildman–Crippen LogP) is -0.269. The highest BCUT2D eigenvalue weighted by molar-refractivity contribution is 5.47. The van der Waals surface area contributed by atoms with Gasteiger partial charge in [-0.15, -0.1) is 0 Å². The maximum atomic E-state index is 11.8. The largest absolute Gasteiger partial charge is 0.406 e. The van der Waals surface area contributed by atoms with E-state index in [9.17, 15) is 18.0 Å². The molecule has 0 rings (SSSR count). The first-order valence-electron chi connectivity index (χ1n) is 3.65. The Morgan fingerprint density at radius 3 is 2.46 bits per heavy atom. The molecule has 0 bridgehead atoms. The SMILES string of the molecule is CNNCCN(C=O)CC(F)(F)F. The number of nitrogens with zero attached hydrogens (tertiary/aromatic N) is 1. The predicted molar refractivity (Wildman–Crippen MR) is 40.8 cm³/mol. The van der Waals surface area contributed by atoms with Crippen LogP contribution in [0.15, 0.2) is 0 Å². The summed E-state index contributed by atoms with van der Waals surface area (Å²) in [4.78, 5) is 10.8. The Labute approximate surface area is 74.1 Å². The van der Waals surface area contributed by atoms with E-state index < -0.39 is 12.7 Å². The van der Waals surface area contributed by atoms with E-state index in [0.717, 1.165) is 0 Å². The van der Waals surface area contributed by atoms with Gasteiger partial charge in [0.05, 0.1) is 0 Å². The molecule has 1 amide bonds. The fourth-order valence-corrected chi connectivity index (χ4v) is 0.724. The number of rotatable bonds is 6. The number of halogens is 3. The van der Waals surface area contributed by atoms with Crippen molar-refractivity contribution in [1.82, 2.24) is 15.8 Å². The highest BCUT2D eigenvalue weighted by Gasteiger charge is 2.29. The number of carbonyl (C=O) groups excluding carboxylic acids is 1. The topological polar surface area (TPSA) is 44.4 Å². The summed E-state index contributed by atoms with van der Waals surface area (Å²) in [7, 11) is 1.59. The van der Waals surface area contributed by atoms with Crippen molar-refractivity contribution in [3.8, 4) is 0 Å². The molecule has 78 valence electrons. The van der Waals surface area contributed by atoms with E-state index in [1.54, 1.807) is 7.05 Å². The van der Waals surface area contributed by atoms with Gasteiger partial charge in [0.2, 0.25) is 6.41 Å². The average molecular weight is 199 g/mol. The first-order chi connectivity index (χ1) is 5.99. The number of nitrogens with one attached hydrogen (secondary N) is 2. The third-order valence-corrected chi connectivity index (χ3v) is 1.23. The zero-order chi connectivity index (χ0) is 10.3. The number of hydrogen-bond acceptors (Lipinski definition) is 3. The summed E-state index contributed by atoms with van der Waals surface area (Å²) < 4.78 is 35.3. The van der Waals surface area contributed by atoms with E-state index >= 15 is 0 Å². The first kappa shape index (κ1) is 12.2. The Morgan fingerprint density at radius 2 is 2.08 bits per heavy atom. The molecule has 0 saturated carbocycles. The van der Waals surface area contributed by atoms with Crippen LogP contribution in [-0.4, -0.2) is 44.2 Å². The lowest BCUT2D eigenvalue weighted by atomic mass is 10.5. The number of carbonyl (C=O) groups is 1. The summed E-state index contributed by atoms with van der Waals surface area (Å²) in [5, 5.41) is 0. The van der Waals surface area contributed by atoms with Gasteiger partial charge < -0.3 is 4.90 Å². The molecule has 0 atom stereocenters. The van der Waals surface area contributed by atoms with Crippen LogP contribution in [0.25, 0.3) is 0 Å². The first-order valence-corrected chi connectivity index (χ1v) is 3.65. The molecule has 4 nitrogen and oxygen atoms in total. The Bertz CT molecular complexity index is 151. The molecule has 7 heteroatoms. The molecule has 0 spiro atoms. The lowest BCUT2D eigenvalue weighted by molar-refractivity contribution is -0.153. The second-order valence-corrected chi connectivity index (χ2v) is 2.37. The number of hydrazine groups is 1. The molecule has 0 fully saturated rings. The van der Waals surface area contributed by atoms with Crippen LogP contribution in [0.5, 0.6) is 0 Å². The molecule has 0 aliphatic carbocycles. The molecular weight excluding hydrogens is 187 g/mol. The molecule has 13 heavy (non-hydrogen) atoms. The van der Waals surface area contributed by atoms with Gasteiger partial charge in [-0.25, -0.2) is 0 Å². The van der Waals surface area contributed by atoms with Crippen molar-refractivity contribution >= 4 is 6.41 Å². The third-order valence-electron chi connectivity index (χ3n) is 1.23. The number of alkyl halides is 3. The van der Waals surface area contributed by atoms with Crippen LogP contribution in [0.4, 0.5) is 13.2 Å². The lowest BCUT2D eigenvalue weighted by Gasteiger charge is -2.18. The highest BCUT2D eigenvalue weighted by atomic mass is 19.4. The van der Waals surface area contributed by atoms with Gasteiger partial charge in [0.1, 0.15) is 6.54 Å². The van der Waals surface area contributed by atoms with Gasteiger partial charge in [-0.05, 0) is 7.05 Å². The molecule has 0 heterocycles. The fourth-order valence-electron chi connectivity index (χ4n) is 0.724. The summed E-state index contributed by atoms with van der Waals surface area (Å²) in [5.41, 5.74) is 5.12. The summed E-state index contributed by atoms with van der Waals surface area (Å²) in [6.07, 6.45) is -4.15. The Kier molecular flexibility index (Phi) is 5.40. The molecule has 0 aliphatic heterocycles. The zero-order valence-corrected chi connectivity index (χ0v) is 7.19. The van der Waals surface area contributed by atoms with E-state index in [1.165, 1.54) is 0 Å². The molecular formula is C6H12F3N3O. The van der Waals surface area contributed by atoms with Gasteiger partial charge in [-0.1, -0.05) is 0 Å². The standard InChI is InChI=1S/C6H12F3N3O/c1-10-11-2-3-12(5-13)4-6(7,8)9/h5,10-11H,2-4H2,1H3. The van der Waals surface area contributed by atoms with E-state index in [2.05, 4.69) is 10.9 Å². The van der Waals surface area contributed by atoms with Crippen LogP contribution in [0.2, 0.25) is 0 Å². The van der Waals surface area contributed by atoms with E-state index in [-0.39, 0.29) is 19.5 Å². The molecule has 0 saturated heterocycles. The van der Waals surface area contributed by atoms with Crippen molar-refractivity contribution < 1.29 is 18.0 Å². The fraction of sp³-hybridized carbons (Fsp3) is 0.833. The molecule has 0 aromatic carbocycles. The molecule has 2 N–H and O–H groups in total. The summed E-state index contributed by atoms with van der Waals surface area (Å²) >= 11 is 0. The van der Waals surface area contributed by atoms with Gasteiger partial charge in [0, 0.05) is 13.1 Å². The summed E-state index contributed by atoms with van der Waals surface area (Å²) in [6.45, 7) is -0.920. The van der Waals surface area contributed by atoms with E-state index in [4.69, 9.17) is 0 Å². The third kappa shape index (κ3) is 7.54. The van der Waals surface area contributed by atoms with Crippen molar-refractivity contribution in [3.05, 3.63) is 0 Å². The maximum Gasteiger partial charge on any atom is 0.406 e. The molecule has 0 unspecified atom stereocenters. The summed E-state index contributed by atoms with van der Waals surface area (Å²) in [6, 6.07) is 0. The van der Waals surface area contributed by atoms with Gasteiger partial charge in [0.25, 0.3) is 0 Å². The summed E-state index contributed by atoms with van der Waals surface area (Å²) in [5.74, 6) is 0. The van der Waals surface area contributed by atoms with Gasteiger partial charge in [0.15, 0.2) is 0 Å². The molecule has 0 aromatic rings. The quantitative estimate of drug-likeness (QED) is 0.351. The van der Waals surface area contributed by atoms with Crippen LogP contribution in [0.3, 0.4) is 0 Å². The van der Waals surface area contributed by atoms with E-state index in [0.29, 0.717) is 4.90 Å². The maximum absolute atomic E-state index is 11.8. The minimum Gasteiger partial charge on any atom is -0.335 e. The average Bonchev–Trinajstić information content (AvgIpc) is 2.01. The van der Waals surface area contributed by atoms with Crippen LogP contribution in [0.1, 0.15) is 0 Å². The zero-order valence-electron chi connectivity index (χ0n) is 7.19. The minimum atomic E-state index is -4.33. The van der Waals surface area contributed by atoms with Crippen molar-refractivity contribution in [2.75, 3.05) is 26.7 Å². The molecule has 0 radical (unpaired) electrons. The molecule has 0 aliphatic rings. The highest BCUT2D eigenvalue weighted by Crippen LogP contribution is 2.15. The van der Waals surface area contributed by atoms with Crippen LogP contribution >= 0.6 is 0 Å². The second-order valence-electron chi connectivity index (χ2n) is 2.37. The lowest BCUT2D eigenvalue weighted by Crippen LogP contribution is -2.40. The van der Waals surface area contributed by atoms with E-state index in [1.807, 2.05) is 0 Å². The monoisotopic (exact) mass is 199 g/mol. The number of amides is 1. The minimum absolute atomic E-state index is 0.0177. The van der Waals surface area contributed by atoms with Gasteiger partial charge in [-0.2, -0.15) is 13.2 Å². The van der Waals surface area contributed by atoms with Crippen molar-refractivity contribution in [1.29, 1.82) is 0 Å². The van der Waals surface area contributed by atoms with Crippen molar-refractivity contribution in [3.63, 3.8) is 0 Å². The Morgan fingerprint density at radius 1 is 1.46 bits per heavy atom. The Balaban J connectivity index is 3.70. The normalized spacial score (nSPS) is 11.4. The van der Waals surface area contributed by atoms with Crippen LogP contribution < -0.4 is 10.9 Å². The van der Waals surface area contributed by atoms with Crippen LogP contribution in [0, 0.1) is 0 Å². The Hall–Kier alpha value is -0.820.